The van der Waals surface area contributed by atoms with Crippen molar-refractivity contribution in [2.75, 3.05) is 0 Å². The van der Waals surface area contributed by atoms with Crippen LogP contribution < -0.4 is 5.73 Å². The molecule has 0 radical (unpaired) electrons. The van der Waals surface area contributed by atoms with Gasteiger partial charge in [0.1, 0.15) is 5.54 Å². The van der Waals surface area contributed by atoms with Crippen molar-refractivity contribution < 1.29 is 18.0 Å². The number of carbonyl (C=O) groups is 1. The van der Waals surface area contributed by atoms with Crippen LogP contribution in [0.2, 0.25) is 0 Å². The lowest BCUT2D eigenvalue weighted by molar-refractivity contribution is -0.177. The van der Waals surface area contributed by atoms with E-state index in [-0.39, 0.29) is 10.6 Å². The van der Waals surface area contributed by atoms with E-state index >= 15 is 0 Å². The van der Waals surface area contributed by atoms with Crippen molar-refractivity contribution >= 4 is 17.4 Å². The molecule has 1 aromatic carbocycles. The van der Waals surface area contributed by atoms with Crippen LogP contribution in [0.15, 0.2) is 53.6 Å². The van der Waals surface area contributed by atoms with Gasteiger partial charge in [0, 0.05) is 10.6 Å². The van der Waals surface area contributed by atoms with Crippen LogP contribution in [0.4, 0.5) is 13.2 Å². The van der Waals surface area contributed by atoms with Crippen LogP contribution in [-0.2, 0) is 0 Å². The molecule has 106 valence electrons. The minimum absolute atomic E-state index is 0.0598. The third-order valence-electron chi connectivity index (χ3n) is 3.19. The molecule has 0 saturated carbocycles. The average Bonchev–Trinajstić information content (AvgIpc) is 2.40. The van der Waals surface area contributed by atoms with Crippen LogP contribution in [0.5, 0.6) is 0 Å². The molecule has 1 aromatic rings. The highest BCUT2D eigenvalue weighted by molar-refractivity contribution is 6.31. The molecule has 1 aliphatic rings. The van der Waals surface area contributed by atoms with Crippen molar-refractivity contribution in [2.45, 2.75) is 11.7 Å². The van der Waals surface area contributed by atoms with E-state index in [0.29, 0.717) is 0 Å². The molecule has 0 amide bonds. The van der Waals surface area contributed by atoms with Crippen LogP contribution in [0.3, 0.4) is 0 Å². The normalized spacial score (nSPS) is 26.2. The first-order valence-electron chi connectivity index (χ1n) is 5.77. The van der Waals surface area contributed by atoms with E-state index < -0.39 is 23.4 Å². The molecule has 20 heavy (non-hydrogen) atoms. The van der Waals surface area contributed by atoms with Gasteiger partial charge < -0.3 is 5.73 Å². The zero-order chi connectivity index (χ0) is 15.0. The fraction of sp³-hybridized carbons (Fsp3) is 0.214. The number of rotatable bonds is 2. The van der Waals surface area contributed by atoms with Gasteiger partial charge in [0.25, 0.3) is 0 Å². The van der Waals surface area contributed by atoms with Gasteiger partial charge in [-0.25, -0.2) is 0 Å². The van der Waals surface area contributed by atoms with Crippen molar-refractivity contribution in [1.29, 1.82) is 0 Å². The number of Topliss-reactive ketones (excluding diaryl/α,β-unsaturated/α-hetero) is 1. The largest absolute Gasteiger partial charge is 0.411 e. The Labute approximate surface area is 118 Å². The smallest absolute Gasteiger partial charge is 0.314 e. The van der Waals surface area contributed by atoms with Gasteiger partial charge in [-0.2, -0.15) is 13.2 Å². The molecule has 2 unspecified atom stereocenters. The van der Waals surface area contributed by atoms with E-state index in [2.05, 4.69) is 0 Å². The molecule has 0 saturated heterocycles. The van der Waals surface area contributed by atoms with Gasteiger partial charge in [-0.15, -0.1) is 0 Å². The maximum Gasteiger partial charge on any atom is 0.411 e. The van der Waals surface area contributed by atoms with E-state index in [1.807, 2.05) is 0 Å². The van der Waals surface area contributed by atoms with Crippen LogP contribution in [0.25, 0.3) is 0 Å². The van der Waals surface area contributed by atoms with Crippen molar-refractivity contribution in [3.8, 4) is 0 Å². The molecule has 0 spiro atoms. The van der Waals surface area contributed by atoms with Gasteiger partial charge in [-0.3, -0.25) is 4.79 Å². The fourth-order valence-corrected chi connectivity index (χ4v) is 2.21. The maximum absolute atomic E-state index is 13.2. The minimum atomic E-state index is -4.76. The van der Waals surface area contributed by atoms with Crippen LogP contribution in [-0.4, -0.2) is 17.5 Å². The van der Waals surface area contributed by atoms with Crippen molar-refractivity contribution in [2.24, 2.45) is 11.7 Å². The SMILES string of the molecule is NC1(C(F)(F)F)C=CC(Cl)=CC1C(=O)c1ccccc1. The quantitative estimate of drug-likeness (QED) is 0.850. The Morgan fingerprint density at radius 3 is 2.40 bits per heavy atom. The first-order valence-corrected chi connectivity index (χ1v) is 6.15. The lowest BCUT2D eigenvalue weighted by Crippen LogP contribution is -2.59. The number of carbonyl (C=O) groups excluding carboxylic acids is 1. The fourth-order valence-electron chi connectivity index (χ4n) is 2.02. The lowest BCUT2D eigenvalue weighted by Gasteiger charge is -2.36. The Morgan fingerprint density at radius 2 is 1.85 bits per heavy atom. The summed E-state index contributed by atoms with van der Waals surface area (Å²) in [6.07, 6.45) is -1.91. The standard InChI is InChI=1S/C14H11ClF3NO/c15-10-6-7-13(19,14(16,17)18)11(8-10)12(20)9-4-2-1-3-5-9/h1-8,11H,19H2. The van der Waals surface area contributed by atoms with Crippen molar-refractivity contribution in [3.05, 3.63) is 59.2 Å². The summed E-state index contributed by atoms with van der Waals surface area (Å²) >= 11 is 5.72. The molecule has 0 heterocycles. The van der Waals surface area contributed by atoms with Gasteiger partial charge in [-0.05, 0) is 6.08 Å². The van der Waals surface area contributed by atoms with Crippen molar-refractivity contribution in [1.82, 2.24) is 0 Å². The van der Waals surface area contributed by atoms with E-state index in [9.17, 15) is 18.0 Å². The summed E-state index contributed by atoms with van der Waals surface area (Å²) in [7, 11) is 0. The number of nitrogens with two attached hydrogens (primary N) is 1. The molecule has 0 fully saturated rings. The molecule has 2 atom stereocenters. The molecule has 2 N–H and O–H groups in total. The first-order chi connectivity index (χ1) is 9.25. The zero-order valence-corrected chi connectivity index (χ0v) is 10.9. The van der Waals surface area contributed by atoms with Gasteiger partial charge in [-0.1, -0.05) is 54.1 Å². The predicted octanol–water partition coefficient (Wildman–Crippen LogP) is 3.44. The second-order valence-electron chi connectivity index (χ2n) is 4.52. The molecule has 2 nitrogen and oxygen atoms in total. The van der Waals surface area contributed by atoms with E-state index in [0.717, 1.165) is 18.2 Å². The summed E-state index contributed by atoms with van der Waals surface area (Å²) in [6, 6.07) is 7.70. The third kappa shape index (κ3) is 2.51. The molecule has 0 aliphatic heterocycles. The van der Waals surface area contributed by atoms with Gasteiger partial charge in [0.2, 0.25) is 0 Å². The Morgan fingerprint density at radius 1 is 1.25 bits per heavy atom. The molecular formula is C14H11ClF3NO. The number of ketones is 1. The second kappa shape index (κ2) is 5.07. The molecular weight excluding hydrogens is 291 g/mol. The highest BCUT2D eigenvalue weighted by atomic mass is 35.5. The molecule has 2 rings (SSSR count). The summed E-state index contributed by atoms with van der Waals surface area (Å²) in [5, 5.41) is 0.0598. The number of alkyl halides is 3. The highest BCUT2D eigenvalue weighted by Gasteiger charge is 2.57. The van der Waals surface area contributed by atoms with Crippen LogP contribution in [0.1, 0.15) is 10.4 Å². The summed E-state index contributed by atoms with van der Waals surface area (Å²) in [4.78, 5) is 12.3. The van der Waals surface area contributed by atoms with Gasteiger partial charge in [0.15, 0.2) is 5.78 Å². The lowest BCUT2D eigenvalue weighted by atomic mass is 9.76. The Balaban J connectivity index is 2.46. The molecule has 6 heteroatoms. The summed E-state index contributed by atoms with van der Waals surface area (Å²) in [6.45, 7) is 0. The van der Waals surface area contributed by atoms with E-state index in [1.54, 1.807) is 18.2 Å². The average molecular weight is 302 g/mol. The van der Waals surface area contributed by atoms with Crippen molar-refractivity contribution in [3.63, 3.8) is 0 Å². The van der Waals surface area contributed by atoms with E-state index in [1.165, 1.54) is 12.1 Å². The van der Waals surface area contributed by atoms with Gasteiger partial charge in [0.05, 0.1) is 5.92 Å². The summed E-state index contributed by atoms with van der Waals surface area (Å²) in [5.74, 6) is -2.30. The first kappa shape index (κ1) is 14.8. The topological polar surface area (TPSA) is 43.1 Å². The van der Waals surface area contributed by atoms with Gasteiger partial charge >= 0.3 is 6.18 Å². The number of allylic oxidation sites excluding steroid dienone is 2. The highest BCUT2D eigenvalue weighted by Crippen LogP contribution is 2.41. The second-order valence-corrected chi connectivity index (χ2v) is 4.96. The van der Waals surface area contributed by atoms with Crippen LogP contribution in [0, 0.1) is 5.92 Å². The number of benzene rings is 1. The molecule has 1 aliphatic carbocycles. The number of halogens is 4. The molecule has 0 bridgehead atoms. The monoisotopic (exact) mass is 301 g/mol. The number of hydrogen-bond acceptors (Lipinski definition) is 2. The Kier molecular flexibility index (Phi) is 3.75. The number of hydrogen-bond donors (Lipinski definition) is 1. The zero-order valence-electron chi connectivity index (χ0n) is 10.2. The van der Waals surface area contributed by atoms with E-state index in [4.69, 9.17) is 17.3 Å². The summed E-state index contributed by atoms with van der Waals surface area (Å²) in [5.41, 5.74) is 2.85. The predicted molar refractivity (Wildman–Crippen MR) is 70.3 cm³/mol. The molecule has 0 aromatic heterocycles. The minimum Gasteiger partial charge on any atom is -0.314 e. The Hall–Kier alpha value is -1.59. The van der Waals surface area contributed by atoms with Crippen LogP contribution >= 0.6 is 11.6 Å². The maximum atomic E-state index is 13.2. The Bertz CT molecular complexity index is 580. The summed E-state index contributed by atoms with van der Waals surface area (Å²) < 4.78 is 39.5. The third-order valence-corrected chi connectivity index (χ3v) is 3.44.